The number of ether oxygens (including phenoxy) is 2. The lowest BCUT2D eigenvalue weighted by molar-refractivity contribution is -0.255. The normalized spacial score (nSPS) is 23.7. The number of halogens is 2. The van der Waals surface area contributed by atoms with Crippen molar-refractivity contribution < 1.29 is 28.6 Å². The van der Waals surface area contributed by atoms with E-state index in [4.69, 9.17) is 21.1 Å². The molecule has 0 unspecified atom stereocenters. The number of carboxylic acids is 1. The van der Waals surface area contributed by atoms with Gasteiger partial charge in [0.2, 0.25) is 0 Å². The lowest BCUT2D eigenvalue weighted by Crippen LogP contribution is -2.41. The first-order chi connectivity index (χ1) is 16.6. The second kappa shape index (κ2) is 9.47. The van der Waals surface area contributed by atoms with Gasteiger partial charge in [-0.15, -0.1) is 0 Å². The number of aromatic nitrogens is 2. The number of nitrogens with one attached hydrogen (secondary N) is 1. The minimum Gasteiger partial charge on any atom is -0.545 e. The number of nitrogens with zero attached hydrogens (tertiary/aromatic N) is 1. The van der Waals surface area contributed by atoms with E-state index in [2.05, 4.69) is 0 Å². The van der Waals surface area contributed by atoms with Crippen LogP contribution in [0.5, 0.6) is 0 Å². The van der Waals surface area contributed by atoms with Crippen LogP contribution >= 0.6 is 11.6 Å². The Kier molecular flexibility index (Phi) is 6.60. The van der Waals surface area contributed by atoms with Gasteiger partial charge in [0.1, 0.15) is 12.7 Å². The van der Waals surface area contributed by atoms with E-state index in [9.17, 15) is 24.3 Å². The van der Waals surface area contributed by atoms with Crippen LogP contribution in [-0.2, 0) is 9.47 Å². The Bertz CT molecular complexity index is 1390. The first-order valence-corrected chi connectivity index (χ1v) is 10.9. The summed E-state index contributed by atoms with van der Waals surface area (Å²) in [5.41, 5.74) is -4.33. The van der Waals surface area contributed by atoms with E-state index < -0.39 is 53.7 Å². The molecule has 1 aliphatic heterocycles. The molecule has 1 aromatic heterocycles. The molecule has 2 aromatic carbocycles. The van der Waals surface area contributed by atoms with E-state index in [0.29, 0.717) is 0 Å². The molecule has 0 spiro atoms. The topological polar surface area (TPSA) is 131 Å². The van der Waals surface area contributed by atoms with Crippen LogP contribution in [0.15, 0.2) is 70.4 Å². The summed E-state index contributed by atoms with van der Waals surface area (Å²) in [6.45, 7) is 0.630. The summed E-state index contributed by atoms with van der Waals surface area (Å²) in [5, 5.41) is 11.8. The molecule has 3 aromatic rings. The van der Waals surface area contributed by atoms with Crippen LogP contribution in [0.4, 0.5) is 4.39 Å². The molecule has 1 fully saturated rings. The number of aromatic amines is 1. The van der Waals surface area contributed by atoms with Crippen molar-refractivity contribution in [2.24, 2.45) is 0 Å². The number of rotatable bonds is 6. The maximum Gasteiger partial charge on any atom is 0.338 e. The number of H-pyrrole nitrogens is 1. The van der Waals surface area contributed by atoms with Gasteiger partial charge in [-0.2, -0.15) is 0 Å². The third-order valence-corrected chi connectivity index (χ3v) is 6.17. The third-order valence-electron chi connectivity index (χ3n) is 5.84. The summed E-state index contributed by atoms with van der Waals surface area (Å²) >= 11 is 6.31. The van der Waals surface area contributed by atoms with Crippen molar-refractivity contribution in [3.8, 4) is 0 Å². The summed E-state index contributed by atoms with van der Waals surface area (Å²) < 4.78 is 28.6. The van der Waals surface area contributed by atoms with Gasteiger partial charge in [0, 0.05) is 22.8 Å². The first-order valence-electron chi connectivity index (χ1n) is 10.5. The van der Waals surface area contributed by atoms with E-state index in [0.717, 1.165) is 23.8 Å². The zero-order valence-electron chi connectivity index (χ0n) is 18.3. The number of carbonyl (C=O) groups excluding carboxylic acids is 2. The molecule has 0 saturated carbocycles. The van der Waals surface area contributed by atoms with E-state index in [-0.39, 0.29) is 21.7 Å². The van der Waals surface area contributed by atoms with Crippen LogP contribution in [0, 0.1) is 0 Å². The number of carbonyl (C=O) groups is 2. The van der Waals surface area contributed by atoms with Crippen molar-refractivity contribution in [3.05, 3.63) is 103 Å². The quantitative estimate of drug-likeness (QED) is 0.510. The number of benzene rings is 2. The Morgan fingerprint density at radius 1 is 1.17 bits per heavy atom. The predicted octanol–water partition coefficient (Wildman–Crippen LogP) is 1.82. The third kappa shape index (κ3) is 4.62. The lowest BCUT2D eigenvalue weighted by atomic mass is 9.80. The van der Waals surface area contributed by atoms with Gasteiger partial charge in [-0.3, -0.25) is 14.3 Å². The Morgan fingerprint density at radius 2 is 1.89 bits per heavy atom. The average molecular weight is 502 g/mol. The van der Waals surface area contributed by atoms with Crippen molar-refractivity contribution in [2.75, 3.05) is 6.61 Å². The standard InChI is InChI=1S/C24H20ClFN2O7/c1-24(26)19(18-14(20(30)31)8-5-9-15(18)25)16(12-34-21(32)13-6-3-2-4-7-13)35-22(24)28-11-10-17(29)27-23(28)33/h2-11,16,19,22H,12H2,1H3,(H,30,31)(H,27,29,33)/p-1/t16-,19-,22+,24+/m0/s1. The largest absolute Gasteiger partial charge is 0.545 e. The van der Waals surface area contributed by atoms with E-state index in [1.54, 1.807) is 18.2 Å². The van der Waals surface area contributed by atoms with Crippen LogP contribution in [0.25, 0.3) is 0 Å². The van der Waals surface area contributed by atoms with Gasteiger partial charge in [0.05, 0.1) is 17.5 Å². The molecule has 0 radical (unpaired) electrons. The maximum atomic E-state index is 16.5. The van der Waals surface area contributed by atoms with E-state index in [1.165, 1.54) is 30.3 Å². The summed E-state index contributed by atoms with van der Waals surface area (Å²) in [7, 11) is 0. The highest BCUT2D eigenvalue weighted by molar-refractivity contribution is 6.32. The van der Waals surface area contributed by atoms with Crippen LogP contribution < -0.4 is 16.4 Å². The molecule has 9 nitrogen and oxygen atoms in total. The molecular formula is C24H19ClFN2O7-. The van der Waals surface area contributed by atoms with Crippen molar-refractivity contribution in [3.63, 3.8) is 0 Å². The highest BCUT2D eigenvalue weighted by Gasteiger charge is 2.57. The van der Waals surface area contributed by atoms with E-state index >= 15 is 4.39 Å². The van der Waals surface area contributed by atoms with Crippen molar-refractivity contribution >= 4 is 23.5 Å². The molecule has 1 N–H and O–H groups in total. The smallest absolute Gasteiger partial charge is 0.338 e. The minimum atomic E-state index is -2.44. The van der Waals surface area contributed by atoms with Crippen LogP contribution in [0.2, 0.25) is 5.02 Å². The van der Waals surface area contributed by atoms with Crippen LogP contribution in [0.1, 0.15) is 45.3 Å². The summed E-state index contributed by atoms with van der Waals surface area (Å²) in [5.74, 6) is -3.70. The van der Waals surface area contributed by atoms with Gasteiger partial charge in [-0.05, 0) is 30.7 Å². The van der Waals surface area contributed by atoms with Crippen molar-refractivity contribution in [2.45, 2.75) is 30.8 Å². The zero-order valence-corrected chi connectivity index (χ0v) is 19.0. The number of hydrogen-bond acceptors (Lipinski definition) is 7. The molecule has 2 heterocycles. The highest BCUT2D eigenvalue weighted by Crippen LogP contribution is 2.52. The molecule has 4 atom stereocenters. The molecular weight excluding hydrogens is 483 g/mol. The number of aromatic carboxylic acids is 1. The van der Waals surface area contributed by atoms with Gasteiger partial charge in [0.15, 0.2) is 11.9 Å². The van der Waals surface area contributed by atoms with Gasteiger partial charge in [-0.25, -0.2) is 14.0 Å². The fraction of sp³-hybridized carbons (Fsp3) is 0.250. The van der Waals surface area contributed by atoms with E-state index in [1.807, 2.05) is 4.98 Å². The Labute approximate surface area is 202 Å². The molecule has 0 amide bonds. The number of esters is 1. The SMILES string of the molecule is C[C@@]1(F)[C@H](c2c(Cl)cccc2C(=O)[O-])[C@H](COC(=O)c2ccccc2)O[C@H]1n1ccc(=O)[nH]c1=O. The van der Waals surface area contributed by atoms with Crippen LogP contribution in [-0.4, -0.2) is 39.9 Å². The molecule has 0 bridgehead atoms. The molecule has 4 rings (SSSR count). The fourth-order valence-electron chi connectivity index (χ4n) is 4.29. The monoisotopic (exact) mass is 501 g/mol. The Balaban J connectivity index is 1.78. The molecule has 11 heteroatoms. The number of alkyl halides is 1. The summed E-state index contributed by atoms with van der Waals surface area (Å²) in [4.78, 5) is 50.2. The lowest BCUT2D eigenvalue weighted by Gasteiger charge is -2.30. The van der Waals surface area contributed by atoms with Crippen molar-refractivity contribution in [1.29, 1.82) is 0 Å². The number of hydrogen-bond donors (Lipinski definition) is 1. The highest BCUT2D eigenvalue weighted by atomic mass is 35.5. The summed E-state index contributed by atoms with van der Waals surface area (Å²) in [6.07, 6.45) is -1.80. The molecule has 0 aliphatic carbocycles. The Hall–Kier alpha value is -3.76. The molecule has 35 heavy (non-hydrogen) atoms. The van der Waals surface area contributed by atoms with Crippen molar-refractivity contribution in [1.82, 2.24) is 9.55 Å². The first kappa shape index (κ1) is 24.4. The number of carboxylic acid groups (broad SMARTS) is 1. The second-order valence-corrected chi connectivity index (χ2v) is 8.53. The van der Waals surface area contributed by atoms with Crippen LogP contribution in [0.3, 0.4) is 0 Å². The van der Waals surface area contributed by atoms with Gasteiger partial charge < -0.3 is 19.4 Å². The average Bonchev–Trinajstić information content (AvgIpc) is 3.07. The Morgan fingerprint density at radius 3 is 2.54 bits per heavy atom. The summed E-state index contributed by atoms with van der Waals surface area (Å²) in [6, 6.07) is 13.0. The maximum absolute atomic E-state index is 16.5. The predicted molar refractivity (Wildman–Crippen MR) is 120 cm³/mol. The van der Waals surface area contributed by atoms with Gasteiger partial charge in [0.25, 0.3) is 5.56 Å². The fourth-order valence-corrected chi connectivity index (χ4v) is 4.59. The molecule has 1 aliphatic rings. The minimum absolute atomic E-state index is 0.0713. The molecule has 182 valence electrons. The van der Waals surface area contributed by atoms with Gasteiger partial charge in [-0.1, -0.05) is 41.9 Å². The zero-order chi connectivity index (χ0) is 25.3. The second-order valence-electron chi connectivity index (χ2n) is 8.13. The van der Waals surface area contributed by atoms with Gasteiger partial charge >= 0.3 is 11.7 Å². The molecule has 1 saturated heterocycles.